The summed E-state index contributed by atoms with van der Waals surface area (Å²) in [6.45, 7) is 9.23. The van der Waals surface area contributed by atoms with E-state index >= 15 is 0 Å². The highest BCUT2D eigenvalue weighted by Gasteiger charge is 2.34. The zero-order valence-corrected chi connectivity index (χ0v) is 27.0. The van der Waals surface area contributed by atoms with Gasteiger partial charge in [0, 0.05) is 22.6 Å². The van der Waals surface area contributed by atoms with Crippen molar-refractivity contribution in [2.24, 2.45) is 0 Å². The number of hydrogen-bond acceptors (Lipinski definition) is 4. The van der Waals surface area contributed by atoms with Crippen LogP contribution in [-0.2, 0) is 26.2 Å². The van der Waals surface area contributed by atoms with E-state index in [0.717, 1.165) is 9.87 Å². The minimum Gasteiger partial charge on any atom is -0.352 e. The van der Waals surface area contributed by atoms with Crippen molar-refractivity contribution in [3.8, 4) is 0 Å². The van der Waals surface area contributed by atoms with E-state index in [1.807, 2.05) is 46.8 Å². The monoisotopic (exact) mass is 631 g/mol. The quantitative estimate of drug-likeness (QED) is 0.219. The zero-order chi connectivity index (χ0) is 31.0. The number of sulfonamides is 1. The number of anilines is 1. The second kappa shape index (κ2) is 14.9. The fraction of sp³-hybridized carbons (Fsp3) is 0.375. The van der Waals surface area contributed by atoms with Crippen molar-refractivity contribution < 1.29 is 18.0 Å². The van der Waals surface area contributed by atoms with Gasteiger partial charge in [0.15, 0.2) is 0 Å². The molecule has 7 nitrogen and oxygen atoms in total. The number of rotatable bonds is 13. The van der Waals surface area contributed by atoms with Crippen LogP contribution in [-0.4, -0.2) is 43.8 Å². The molecule has 10 heteroatoms. The molecule has 0 heterocycles. The molecule has 0 unspecified atom stereocenters. The Morgan fingerprint density at radius 2 is 1.52 bits per heavy atom. The van der Waals surface area contributed by atoms with Crippen molar-refractivity contribution in [2.45, 2.75) is 76.9 Å². The second-order valence-corrected chi connectivity index (χ2v) is 13.3. The summed E-state index contributed by atoms with van der Waals surface area (Å²) in [5.74, 6) is -0.613. The summed E-state index contributed by atoms with van der Waals surface area (Å²) in [5, 5.41) is 3.75. The van der Waals surface area contributed by atoms with E-state index in [1.54, 1.807) is 48.5 Å². The van der Waals surface area contributed by atoms with Crippen LogP contribution in [0.15, 0.2) is 77.7 Å². The van der Waals surface area contributed by atoms with Crippen LogP contribution in [0.25, 0.3) is 0 Å². The van der Waals surface area contributed by atoms with Gasteiger partial charge in [-0.1, -0.05) is 87.3 Å². The first-order valence-corrected chi connectivity index (χ1v) is 16.3. The first-order chi connectivity index (χ1) is 19.9. The maximum atomic E-state index is 14.2. The van der Waals surface area contributed by atoms with E-state index in [4.69, 9.17) is 23.2 Å². The van der Waals surface area contributed by atoms with Gasteiger partial charge in [0.25, 0.3) is 10.0 Å². The van der Waals surface area contributed by atoms with Crippen LogP contribution >= 0.6 is 23.2 Å². The molecule has 3 aromatic carbocycles. The largest absolute Gasteiger partial charge is 0.352 e. The van der Waals surface area contributed by atoms with Crippen LogP contribution in [0.3, 0.4) is 0 Å². The lowest BCUT2D eigenvalue weighted by Gasteiger charge is -2.34. The number of benzene rings is 3. The van der Waals surface area contributed by atoms with Gasteiger partial charge in [-0.15, -0.1) is 0 Å². The molecular weight excluding hydrogens is 593 g/mol. The molecule has 2 atom stereocenters. The maximum Gasteiger partial charge on any atom is 0.264 e. The van der Waals surface area contributed by atoms with Gasteiger partial charge in [-0.2, -0.15) is 0 Å². The Balaban J connectivity index is 2.08. The molecule has 3 aromatic rings. The number of nitrogens with one attached hydrogen (secondary N) is 1. The average Bonchev–Trinajstić information content (AvgIpc) is 2.97. The van der Waals surface area contributed by atoms with Gasteiger partial charge in [0.05, 0.1) is 10.6 Å². The highest BCUT2D eigenvalue weighted by Crippen LogP contribution is 2.28. The normalized spacial score (nSPS) is 13.0. The van der Waals surface area contributed by atoms with Gasteiger partial charge in [-0.05, 0) is 73.2 Å². The smallest absolute Gasteiger partial charge is 0.264 e. The van der Waals surface area contributed by atoms with Gasteiger partial charge in [-0.3, -0.25) is 13.9 Å². The van der Waals surface area contributed by atoms with Crippen LogP contribution < -0.4 is 9.62 Å². The fourth-order valence-electron chi connectivity index (χ4n) is 4.47. The highest BCUT2D eigenvalue weighted by atomic mass is 35.5. The Hall–Kier alpha value is -3.07. The minimum atomic E-state index is -4.14. The lowest BCUT2D eigenvalue weighted by atomic mass is 10.0. The summed E-state index contributed by atoms with van der Waals surface area (Å²) in [5.41, 5.74) is 1.97. The Labute approximate surface area is 259 Å². The number of carbonyl (C=O) groups excluding carboxylic acids is 2. The van der Waals surface area contributed by atoms with E-state index in [9.17, 15) is 18.0 Å². The topological polar surface area (TPSA) is 86.8 Å². The van der Waals surface area contributed by atoms with Crippen molar-refractivity contribution in [2.75, 3.05) is 10.8 Å². The number of carbonyl (C=O) groups is 2. The lowest BCUT2D eigenvalue weighted by molar-refractivity contribution is -0.140. The van der Waals surface area contributed by atoms with Crippen molar-refractivity contribution in [1.82, 2.24) is 10.2 Å². The SMILES string of the molecule is CC[C@@H](C)NC(=O)[C@H](CC)N(Cc1ccc(Cl)cc1Cl)C(=O)CN(c1ccc(C(C)C)cc1)S(=O)(=O)c1ccccc1. The first kappa shape index (κ1) is 33.4. The van der Waals surface area contributed by atoms with E-state index in [0.29, 0.717) is 34.1 Å². The fourth-order valence-corrected chi connectivity index (χ4v) is 6.37. The van der Waals surface area contributed by atoms with Crippen molar-refractivity contribution in [3.63, 3.8) is 0 Å². The molecule has 3 rings (SSSR count). The summed E-state index contributed by atoms with van der Waals surface area (Å²) < 4.78 is 29.0. The van der Waals surface area contributed by atoms with E-state index < -0.39 is 28.5 Å². The van der Waals surface area contributed by atoms with E-state index in [1.165, 1.54) is 17.0 Å². The summed E-state index contributed by atoms with van der Waals surface area (Å²) in [6.07, 6.45) is 1.03. The maximum absolute atomic E-state index is 14.2. The molecule has 0 aliphatic carbocycles. The summed E-state index contributed by atoms with van der Waals surface area (Å²) in [6, 6.07) is 19.1. The molecule has 0 saturated carbocycles. The van der Waals surface area contributed by atoms with Crippen molar-refractivity contribution in [3.05, 3.63) is 94.0 Å². The van der Waals surface area contributed by atoms with Crippen molar-refractivity contribution in [1.29, 1.82) is 0 Å². The van der Waals surface area contributed by atoms with Gasteiger partial charge in [0.1, 0.15) is 12.6 Å². The van der Waals surface area contributed by atoms with Gasteiger partial charge in [-0.25, -0.2) is 8.42 Å². The van der Waals surface area contributed by atoms with E-state index in [-0.39, 0.29) is 29.3 Å². The van der Waals surface area contributed by atoms with Crippen LogP contribution in [0.2, 0.25) is 10.0 Å². The average molecular weight is 633 g/mol. The Morgan fingerprint density at radius 3 is 2.07 bits per heavy atom. The number of hydrogen-bond donors (Lipinski definition) is 1. The molecule has 0 spiro atoms. The third-order valence-electron chi connectivity index (χ3n) is 7.20. The lowest BCUT2D eigenvalue weighted by Crippen LogP contribution is -2.53. The van der Waals surface area contributed by atoms with Crippen LogP contribution in [0.4, 0.5) is 5.69 Å². The molecule has 226 valence electrons. The molecule has 2 amide bonds. The van der Waals surface area contributed by atoms with Crippen molar-refractivity contribution >= 4 is 50.7 Å². The standard InChI is InChI=1S/C32H39Cl2N3O4S/c1-6-23(5)35-32(39)30(7-2)36(20-25-13-16-26(33)19-29(25)34)31(38)21-37(27-17-14-24(15-18-27)22(3)4)42(40,41)28-11-9-8-10-12-28/h8-19,22-23,30H,6-7,20-21H2,1-5H3,(H,35,39)/t23-,30+/m1/s1. The molecular formula is C32H39Cl2N3O4S. The molecule has 0 fully saturated rings. The minimum absolute atomic E-state index is 0.00716. The van der Waals surface area contributed by atoms with E-state index in [2.05, 4.69) is 5.32 Å². The molecule has 1 N–H and O–H groups in total. The van der Waals surface area contributed by atoms with Gasteiger partial charge >= 0.3 is 0 Å². The Kier molecular flexibility index (Phi) is 11.9. The summed E-state index contributed by atoms with van der Waals surface area (Å²) in [7, 11) is -4.14. The van der Waals surface area contributed by atoms with Crippen LogP contribution in [0, 0.1) is 0 Å². The molecule has 42 heavy (non-hydrogen) atoms. The van der Waals surface area contributed by atoms with Gasteiger partial charge in [0.2, 0.25) is 11.8 Å². The summed E-state index contributed by atoms with van der Waals surface area (Å²) >= 11 is 12.6. The zero-order valence-electron chi connectivity index (χ0n) is 24.7. The predicted molar refractivity (Wildman–Crippen MR) is 170 cm³/mol. The first-order valence-electron chi connectivity index (χ1n) is 14.1. The molecule has 0 radical (unpaired) electrons. The highest BCUT2D eigenvalue weighted by molar-refractivity contribution is 7.92. The number of amides is 2. The van der Waals surface area contributed by atoms with Gasteiger partial charge < -0.3 is 10.2 Å². The molecule has 0 saturated heterocycles. The molecule has 0 aliphatic heterocycles. The predicted octanol–water partition coefficient (Wildman–Crippen LogP) is 7.03. The molecule has 0 aliphatic rings. The molecule has 0 aromatic heterocycles. The molecule has 0 bridgehead atoms. The Bertz CT molecular complexity index is 1460. The van der Waals surface area contributed by atoms with Crippen LogP contribution in [0.1, 0.15) is 64.5 Å². The third-order valence-corrected chi connectivity index (χ3v) is 9.58. The Morgan fingerprint density at radius 1 is 0.881 bits per heavy atom. The third kappa shape index (κ3) is 8.27. The number of nitrogens with zero attached hydrogens (tertiary/aromatic N) is 2. The summed E-state index contributed by atoms with van der Waals surface area (Å²) in [4.78, 5) is 29.1. The number of halogens is 2. The second-order valence-electron chi connectivity index (χ2n) is 10.6. The van der Waals surface area contributed by atoms with Crippen LogP contribution in [0.5, 0.6) is 0 Å².